The van der Waals surface area contributed by atoms with Crippen LogP contribution >= 0.6 is 23.1 Å². The van der Waals surface area contributed by atoms with Crippen LogP contribution in [0, 0.1) is 6.92 Å². The second-order valence-electron chi connectivity index (χ2n) is 3.67. The molecule has 0 fully saturated rings. The highest BCUT2D eigenvalue weighted by molar-refractivity contribution is 7.98. The maximum atomic E-state index is 5.63. The Bertz CT molecular complexity index is 531. The quantitative estimate of drug-likeness (QED) is 0.647. The minimum absolute atomic E-state index is 0.387. The summed E-state index contributed by atoms with van der Waals surface area (Å²) in [4.78, 5) is 4.42. The zero-order valence-electron chi connectivity index (χ0n) is 10.2. The van der Waals surface area contributed by atoms with Gasteiger partial charge in [0, 0.05) is 17.6 Å². The molecule has 0 aromatic carbocycles. The fourth-order valence-corrected chi connectivity index (χ4v) is 3.24. The Kier molecular flexibility index (Phi) is 4.51. The fraction of sp³-hybridized carbons (Fsp3) is 0.364. The predicted octanol–water partition coefficient (Wildman–Crippen LogP) is 1.98. The first-order chi connectivity index (χ1) is 8.74. The molecule has 0 radical (unpaired) electrons. The summed E-state index contributed by atoms with van der Waals surface area (Å²) >= 11 is 3.29. The molecule has 2 rings (SSSR count). The van der Waals surface area contributed by atoms with Crippen molar-refractivity contribution in [3.63, 3.8) is 0 Å². The van der Waals surface area contributed by atoms with Crippen molar-refractivity contribution in [1.82, 2.24) is 19.7 Å². The van der Waals surface area contributed by atoms with E-state index >= 15 is 0 Å². The highest BCUT2D eigenvalue weighted by Crippen LogP contribution is 2.23. The molecule has 0 spiro atoms. The molecule has 2 aromatic rings. The molecule has 2 heterocycles. The Morgan fingerprint density at radius 1 is 1.56 bits per heavy atom. The molecule has 0 aliphatic carbocycles. The second-order valence-corrected chi connectivity index (χ2v) is 5.56. The van der Waals surface area contributed by atoms with Gasteiger partial charge in [-0.15, -0.1) is 28.1 Å². The molecule has 0 bridgehead atoms. The van der Waals surface area contributed by atoms with E-state index in [0.717, 1.165) is 27.4 Å². The van der Waals surface area contributed by atoms with E-state index < -0.39 is 0 Å². The Labute approximate surface area is 114 Å². The van der Waals surface area contributed by atoms with Crippen molar-refractivity contribution < 1.29 is 0 Å². The van der Waals surface area contributed by atoms with Crippen molar-refractivity contribution in [3.05, 3.63) is 34.6 Å². The third kappa shape index (κ3) is 2.98. The van der Waals surface area contributed by atoms with Crippen molar-refractivity contribution in [2.45, 2.75) is 30.9 Å². The topological polar surface area (TPSA) is 69.6 Å². The minimum Gasteiger partial charge on any atom is -0.324 e. The van der Waals surface area contributed by atoms with Crippen LogP contribution in [0.4, 0.5) is 0 Å². The number of thioether (sulfide) groups is 1. The van der Waals surface area contributed by atoms with Crippen LogP contribution in [0.5, 0.6) is 0 Å². The van der Waals surface area contributed by atoms with E-state index in [4.69, 9.17) is 5.73 Å². The van der Waals surface area contributed by atoms with Gasteiger partial charge >= 0.3 is 0 Å². The average molecular weight is 281 g/mol. The lowest BCUT2D eigenvalue weighted by atomic mass is 10.5. The van der Waals surface area contributed by atoms with E-state index in [0.29, 0.717) is 13.1 Å². The van der Waals surface area contributed by atoms with Crippen LogP contribution in [0.2, 0.25) is 0 Å². The van der Waals surface area contributed by atoms with Gasteiger partial charge in [0.2, 0.25) is 0 Å². The third-order valence-corrected chi connectivity index (χ3v) is 4.41. The Morgan fingerprint density at radius 3 is 3.00 bits per heavy atom. The van der Waals surface area contributed by atoms with Gasteiger partial charge in [-0.05, 0) is 6.92 Å². The lowest BCUT2D eigenvalue weighted by molar-refractivity contribution is 0.680. The Morgan fingerprint density at radius 2 is 2.39 bits per heavy atom. The van der Waals surface area contributed by atoms with Crippen molar-refractivity contribution >= 4 is 23.1 Å². The van der Waals surface area contributed by atoms with Crippen LogP contribution < -0.4 is 5.73 Å². The number of thiazole rings is 1. The van der Waals surface area contributed by atoms with Crippen LogP contribution in [0.1, 0.15) is 16.5 Å². The van der Waals surface area contributed by atoms with Gasteiger partial charge in [-0.1, -0.05) is 17.8 Å². The molecule has 7 heteroatoms. The maximum absolute atomic E-state index is 5.63. The van der Waals surface area contributed by atoms with Crippen LogP contribution in [-0.2, 0) is 18.8 Å². The van der Waals surface area contributed by atoms with Gasteiger partial charge in [0.1, 0.15) is 10.8 Å². The first kappa shape index (κ1) is 13.3. The molecule has 0 atom stereocenters. The standard InChI is InChI=1S/C11H15N5S2/c1-3-4-16-9(5-12)14-15-11(16)18-7-10-13-8(2)6-17-10/h3,6H,1,4-5,7,12H2,2H3. The molecular weight excluding hydrogens is 266 g/mol. The molecule has 0 unspecified atom stereocenters. The lowest BCUT2D eigenvalue weighted by Crippen LogP contribution is -2.08. The highest BCUT2D eigenvalue weighted by Gasteiger charge is 2.11. The van der Waals surface area contributed by atoms with Crippen molar-refractivity contribution in [1.29, 1.82) is 0 Å². The summed E-state index contributed by atoms with van der Waals surface area (Å²) in [5.41, 5.74) is 6.69. The molecule has 0 aliphatic heterocycles. The number of hydrogen-bond donors (Lipinski definition) is 1. The summed E-state index contributed by atoms with van der Waals surface area (Å²) in [6.07, 6.45) is 1.82. The van der Waals surface area contributed by atoms with E-state index in [1.165, 1.54) is 0 Å². The zero-order valence-corrected chi connectivity index (χ0v) is 11.8. The SMILES string of the molecule is C=CCn1c(CN)nnc1SCc1nc(C)cs1. The van der Waals surface area contributed by atoms with Gasteiger partial charge in [-0.2, -0.15) is 0 Å². The number of nitrogens with zero attached hydrogens (tertiary/aromatic N) is 4. The van der Waals surface area contributed by atoms with E-state index in [9.17, 15) is 0 Å². The summed E-state index contributed by atoms with van der Waals surface area (Å²) in [5, 5.41) is 12.2. The first-order valence-corrected chi connectivity index (χ1v) is 7.38. The molecule has 2 aromatic heterocycles. The number of nitrogens with two attached hydrogens (primary N) is 1. The van der Waals surface area contributed by atoms with Crippen molar-refractivity contribution in [2.24, 2.45) is 5.73 Å². The summed E-state index contributed by atoms with van der Waals surface area (Å²) in [7, 11) is 0. The molecule has 18 heavy (non-hydrogen) atoms. The molecular formula is C11H15N5S2. The maximum Gasteiger partial charge on any atom is 0.191 e. The fourth-order valence-electron chi connectivity index (χ4n) is 1.48. The summed E-state index contributed by atoms with van der Waals surface area (Å²) in [5.74, 6) is 1.59. The van der Waals surface area contributed by atoms with Gasteiger partial charge < -0.3 is 10.3 Å². The predicted molar refractivity (Wildman–Crippen MR) is 74.5 cm³/mol. The number of aromatic nitrogens is 4. The first-order valence-electron chi connectivity index (χ1n) is 5.51. The van der Waals surface area contributed by atoms with Gasteiger partial charge in [0.05, 0.1) is 12.3 Å². The monoisotopic (exact) mass is 281 g/mol. The molecule has 2 N–H and O–H groups in total. The van der Waals surface area contributed by atoms with Gasteiger partial charge in [0.15, 0.2) is 5.16 Å². The zero-order chi connectivity index (χ0) is 13.0. The molecule has 96 valence electrons. The molecule has 0 aliphatic rings. The van der Waals surface area contributed by atoms with E-state index in [1.54, 1.807) is 23.1 Å². The van der Waals surface area contributed by atoms with Crippen LogP contribution in [0.3, 0.4) is 0 Å². The van der Waals surface area contributed by atoms with Crippen LogP contribution in [0.15, 0.2) is 23.2 Å². The molecule has 0 amide bonds. The highest BCUT2D eigenvalue weighted by atomic mass is 32.2. The molecule has 0 saturated heterocycles. The normalized spacial score (nSPS) is 10.8. The number of aryl methyl sites for hydroxylation is 1. The van der Waals surface area contributed by atoms with E-state index in [2.05, 4.69) is 27.1 Å². The summed E-state index contributed by atoms with van der Waals surface area (Å²) in [6.45, 7) is 6.80. The van der Waals surface area contributed by atoms with Crippen LogP contribution in [0.25, 0.3) is 0 Å². The average Bonchev–Trinajstić information content (AvgIpc) is 2.94. The Balaban J connectivity index is 2.08. The molecule has 0 saturated carbocycles. The minimum atomic E-state index is 0.387. The summed E-state index contributed by atoms with van der Waals surface area (Å²) in [6, 6.07) is 0. The number of rotatable bonds is 6. The van der Waals surface area contributed by atoms with Gasteiger partial charge in [-0.3, -0.25) is 0 Å². The number of allylic oxidation sites excluding steroid dienone is 1. The van der Waals surface area contributed by atoms with E-state index in [-0.39, 0.29) is 0 Å². The van der Waals surface area contributed by atoms with Gasteiger partial charge in [0.25, 0.3) is 0 Å². The van der Waals surface area contributed by atoms with Crippen molar-refractivity contribution in [2.75, 3.05) is 0 Å². The summed E-state index contributed by atoms with van der Waals surface area (Å²) < 4.78 is 1.98. The lowest BCUT2D eigenvalue weighted by Gasteiger charge is -2.05. The Hall–Kier alpha value is -1.18. The largest absolute Gasteiger partial charge is 0.324 e. The molecule has 5 nitrogen and oxygen atoms in total. The third-order valence-electron chi connectivity index (χ3n) is 2.28. The van der Waals surface area contributed by atoms with E-state index in [1.807, 2.05) is 17.6 Å². The second kappa shape index (κ2) is 6.12. The van der Waals surface area contributed by atoms with Crippen molar-refractivity contribution in [3.8, 4) is 0 Å². The smallest absolute Gasteiger partial charge is 0.191 e. The number of hydrogen-bond acceptors (Lipinski definition) is 6. The van der Waals surface area contributed by atoms with Gasteiger partial charge in [-0.25, -0.2) is 4.98 Å². The van der Waals surface area contributed by atoms with Crippen LogP contribution in [-0.4, -0.2) is 19.7 Å².